The molecule has 1 aliphatic rings. The molecule has 1 amide bonds. The van der Waals surface area contributed by atoms with Crippen LogP contribution in [0.5, 0.6) is 11.6 Å². The topological polar surface area (TPSA) is 63.2 Å². The molecule has 1 aliphatic heterocycles. The number of halogens is 4. The third-order valence-corrected chi connectivity index (χ3v) is 4.10. The number of aromatic nitrogens is 1. The summed E-state index contributed by atoms with van der Waals surface area (Å²) in [6.45, 7) is 0.763. The molecular weight excluding hydrogens is 366 g/mol. The molecule has 1 aromatic heterocycles. The highest BCUT2D eigenvalue weighted by atomic mass is 19.4. The predicted molar refractivity (Wildman–Crippen MR) is 90.0 cm³/mol. The number of hydrogen-bond acceptors (Lipinski definition) is 4. The fraction of sp³-hybridized carbons (Fsp3) is 0.333. The number of nitrogens with zero attached hydrogens (tertiary/aromatic N) is 1. The van der Waals surface area contributed by atoms with Crippen molar-refractivity contribution < 1.29 is 27.1 Å². The average molecular weight is 383 g/mol. The van der Waals surface area contributed by atoms with Crippen molar-refractivity contribution in [1.82, 2.24) is 10.3 Å². The summed E-state index contributed by atoms with van der Waals surface area (Å²) in [5.74, 6) is -1.40. The van der Waals surface area contributed by atoms with Crippen LogP contribution in [-0.2, 0) is 11.0 Å². The van der Waals surface area contributed by atoms with E-state index in [-0.39, 0.29) is 29.3 Å². The van der Waals surface area contributed by atoms with Crippen molar-refractivity contribution in [3.63, 3.8) is 0 Å². The Morgan fingerprint density at radius 2 is 2.04 bits per heavy atom. The number of pyridine rings is 1. The molecule has 2 heterocycles. The van der Waals surface area contributed by atoms with Crippen LogP contribution in [0, 0.1) is 5.82 Å². The molecule has 0 radical (unpaired) electrons. The number of piperidine rings is 1. The van der Waals surface area contributed by atoms with Crippen molar-refractivity contribution in [1.29, 1.82) is 0 Å². The van der Waals surface area contributed by atoms with Crippen LogP contribution in [0.25, 0.3) is 0 Å². The molecule has 0 bridgehead atoms. The number of carbonyl (C=O) groups excluding carboxylic acids is 1. The summed E-state index contributed by atoms with van der Waals surface area (Å²) in [5.41, 5.74) is -0.665. The number of hydrogen-bond donors (Lipinski definition) is 2. The number of anilines is 1. The zero-order chi connectivity index (χ0) is 19.4. The minimum absolute atomic E-state index is 0.176. The van der Waals surface area contributed by atoms with Gasteiger partial charge in [0.05, 0.1) is 11.6 Å². The second-order valence-electron chi connectivity index (χ2n) is 6.12. The van der Waals surface area contributed by atoms with Gasteiger partial charge in [-0.3, -0.25) is 4.79 Å². The monoisotopic (exact) mass is 383 g/mol. The molecule has 1 fully saturated rings. The van der Waals surface area contributed by atoms with E-state index in [1.165, 1.54) is 12.1 Å². The summed E-state index contributed by atoms with van der Waals surface area (Å²) in [4.78, 5) is 15.7. The Balaban J connectivity index is 1.65. The van der Waals surface area contributed by atoms with Crippen LogP contribution in [0.3, 0.4) is 0 Å². The van der Waals surface area contributed by atoms with Crippen molar-refractivity contribution in [2.75, 3.05) is 11.9 Å². The van der Waals surface area contributed by atoms with Crippen molar-refractivity contribution in [3.05, 3.63) is 47.9 Å². The summed E-state index contributed by atoms with van der Waals surface area (Å²) in [6.07, 6.45) is -1.22. The molecule has 0 saturated carbocycles. The van der Waals surface area contributed by atoms with Gasteiger partial charge in [0.1, 0.15) is 0 Å². The summed E-state index contributed by atoms with van der Waals surface area (Å²) in [6, 6.07) is 5.30. The van der Waals surface area contributed by atoms with Crippen LogP contribution in [-0.4, -0.2) is 23.5 Å². The number of rotatable bonds is 4. The number of carbonyl (C=O) groups is 1. The van der Waals surface area contributed by atoms with Gasteiger partial charge >= 0.3 is 6.18 Å². The van der Waals surface area contributed by atoms with Crippen LogP contribution in [0.4, 0.5) is 23.2 Å². The van der Waals surface area contributed by atoms with Crippen molar-refractivity contribution >= 4 is 11.6 Å². The van der Waals surface area contributed by atoms with E-state index in [1.54, 1.807) is 0 Å². The Bertz CT molecular complexity index is 803. The Labute approximate surface area is 152 Å². The Morgan fingerprint density at radius 3 is 2.63 bits per heavy atom. The molecule has 1 saturated heterocycles. The van der Waals surface area contributed by atoms with Gasteiger partial charge in [0.15, 0.2) is 11.6 Å². The van der Waals surface area contributed by atoms with E-state index < -0.39 is 17.6 Å². The smallest absolute Gasteiger partial charge is 0.417 e. The Hall–Kier alpha value is -2.68. The van der Waals surface area contributed by atoms with Gasteiger partial charge in [-0.05, 0) is 37.6 Å². The van der Waals surface area contributed by atoms with E-state index >= 15 is 0 Å². The lowest BCUT2D eigenvalue weighted by Gasteiger charge is -2.22. The van der Waals surface area contributed by atoms with Crippen LogP contribution in [0.2, 0.25) is 0 Å². The maximum absolute atomic E-state index is 14.2. The van der Waals surface area contributed by atoms with Gasteiger partial charge in [-0.25, -0.2) is 9.37 Å². The zero-order valence-electron chi connectivity index (χ0n) is 14.1. The van der Waals surface area contributed by atoms with Crippen molar-refractivity contribution in [2.45, 2.75) is 31.5 Å². The van der Waals surface area contributed by atoms with Crippen LogP contribution in [0.15, 0.2) is 36.5 Å². The minimum atomic E-state index is -4.51. The molecule has 9 heteroatoms. The van der Waals surface area contributed by atoms with Gasteiger partial charge in [0.25, 0.3) is 0 Å². The third kappa shape index (κ3) is 4.94. The minimum Gasteiger partial charge on any atom is -0.436 e. The molecule has 0 unspecified atom stereocenters. The van der Waals surface area contributed by atoms with Crippen molar-refractivity contribution in [2.24, 2.45) is 0 Å². The van der Waals surface area contributed by atoms with Gasteiger partial charge in [0, 0.05) is 24.0 Å². The molecule has 5 nitrogen and oxygen atoms in total. The summed E-state index contributed by atoms with van der Waals surface area (Å²) < 4.78 is 56.9. The number of benzene rings is 1. The summed E-state index contributed by atoms with van der Waals surface area (Å²) in [7, 11) is 0. The number of ether oxygens (including phenoxy) is 1. The molecule has 2 aromatic rings. The lowest BCUT2D eigenvalue weighted by Crippen LogP contribution is -2.43. The van der Waals surface area contributed by atoms with E-state index in [9.17, 15) is 22.4 Å². The maximum atomic E-state index is 14.2. The Morgan fingerprint density at radius 1 is 1.22 bits per heavy atom. The van der Waals surface area contributed by atoms with Crippen LogP contribution in [0.1, 0.15) is 24.8 Å². The van der Waals surface area contributed by atoms with Crippen LogP contribution < -0.4 is 15.4 Å². The largest absolute Gasteiger partial charge is 0.436 e. The van der Waals surface area contributed by atoms with Gasteiger partial charge < -0.3 is 15.4 Å². The summed E-state index contributed by atoms with van der Waals surface area (Å²) >= 11 is 0. The highest BCUT2D eigenvalue weighted by Crippen LogP contribution is 2.31. The molecule has 1 atom stereocenters. The highest BCUT2D eigenvalue weighted by Gasteiger charge is 2.30. The summed E-state index contributed by atoms with van der Waals surface area (Å²) in [5, 5.41) is 5.72. The van der Waals surface area contributed by atoms with Gasteiger partial charge in [0.2, 0.25) is 11.8 Å². The molecule has 2 N–H and O–H groups in total. The number of nitrogens with one attached hydrogen (secondary N) is 2. The second kappa shape index (κ2) is 7.91. The first kappa shape index (κ1) is 19.1. The third-order valence-electron chi connectivity index (χ3n) is 4.10. The standard InChI is InChI=1S/C18H17F4N3O2/c19-13-9-12(25-17(26)14-3-1-2-8-23-14)5-6-15(13)27-16-7-4-11(10-24-16)18(20,21)22/h4-7,9-10,14,23H,1-3,8H2,(H,25,26)/t14-/m1/s1. The van der Waals surface area contributed by atoms with E-state index in [4.69, 9.17) is 4.74 Å². The van der Waals surface area contributed by atoms with Gasteiger partial charge in [-0.1, -0.05) is 6.42 Å². The number of alkyl halides is 3. The fourth-order valence-corrected chi connectivity index (χ4v) is 2.69. The molecule has 27 heavy (non-hydrogen) atoms. The predicted octanol–water partition coefficient (Wildman–Crippen LogP) is 4.11. The molecule has 0 aliphatic carbocycles. The normalized spacial score (nSPS) is 17.4. The van der Waals surface area contributed by atoms with Crippen molar-refractivity contribution in [3.8, 4) is 11.6 Å². The van der Waals surface area contributed by atoms with E-state index in [2.05, 4.69) is 15.6 Å². The first-order valence-electron chi connectivity index (χ1n) is 8.38. The molecule has 1 aromatic carbocycles. The van der Waals surface area contributed by atoms with E-state index in [1.807, 2.05) is 0 Å². The molecule has 144 valence electrons. The highest BCUT2D eigenvalue weighted by molar-refractivity contribution is 5.94. The van der Waals surface area contributed by atoms with Crippen LogP contribution >= 0.6 is 0 Å². The average Bonchev–Trinajstić information content (AvgIpc) is 2.64. The van der Waals surface area contributed by atoms with Gasteiger partial charge in [-0.15, -0.1) is 0 Å². The quantitative estimate of drug-likeness (QED) is 0.780. The fourth-order valence-electron chi connectivity index (χ4n) is 2.69. The lowest BCUT2D eigenvalue weighted by molar-refractivity contribution is -0.137. The molecule has 3 rings (SSSR count). The number of amides is 1. The van der Waals surface area contributed by atoms with Gasteiger partial charge in [-0.2, -0.15) is 13.2 Å². The zero-order valence-corrected chi connectivity index (χ0v) is 14.1. The first-order valence-corrected chi connectivity index (χ1v) is 8.38. The van der Waals surface area contributed by atoms with E-state index in [0.717, 1.165) is 44.0 Å². The van der Waals surface area contributed by atoms with E-state index in [0.29, 0.717) is 6.20 Å². The SMILES string of the molecule is O=C(Nc1ccc(Oc2ccc(C(F)(F)F)cn2)c(F)c1)[C@H]1CCCCN1. The maximum Gasteiger partial charge on any atom is 0.417 e. The molecular formula is C18H17F4N3O2. The lowest BCUT2D eigenvalue weighted by atomic mass is 10.0. The Kier molecular flexibility index (Phi) is 5.59. The first-order chi connectivity index (χ1) is 12.8. The molecule has 0 spiro atoms. The second-order valence-corrected chi connectivity index (χ2v) is 6.12.